The van der Waals surface area contributed by atoms with Crippen LogP contribution in [0.1, 0.15) is 11.1 Å². The average Bonchev–Trinajstić information content (AvgIpc) is 2.10. The Kier molecular flexibility index (Phi) is 2.95. The van der Waals surface area contributed by atoms with Gasteiger partial charge >= 0.3 is 5.97 Å². The standard InChI is InChI=1S/C9H7ClN2O2/c10-7-1-5(4-11)2-8(12)6(7)3-9(13)14/h1-2H,3,12H2,(H,13,14). The van der Waals surface area contributed by atoms with Crippen molar-refractivity contribution in [1.82, 2.24) is 0 Å². The van der Waals surface area contributed by atoms with Crippen molar-refractivity contribution in [2.24, 2.45) is 0 Å². The third kappa shape index (κ3) is 2.15. The Balaban J connectivity index is 3.19. The number of nitrogens with zero attached hydrogens (tertiary/aromatic N) is 1. The summed E-state index contributed by atoms with van der Waals surface area (Å²) >= 11 is 5.76. The second-order valence-electron chi connectivity index (χ2n) is 2.71. The molecule has 0 fully saturated rings. The second kappa shape index (κ2) is 3.99. The summed E-state index contributed by atoms with van der Waals surface area (Å²) in [4.78, 5) is 10.4. The fraction of sp³-hybridized carbons (Fsp3) is 0.111. The first-order valence-electron chi connectivity index (χ1n) is 3.74. The molecule has 0 aromatic heterocycles. The van der Waals surface area contributed by atoms with E-state index in [1.54, 1.807) is 0 Å². The highest BCUT2D eigenvalue weighted by Gasteiger charge is 2.10. The molecule has 0 atom stereocenters. The smallest absolute Gasteiger partial charge is 0.307 e. The lowest BCUT2D eigenvalue weighted by Gasteiger charge is -2.05. The van der Waals surface area contributed by atoms with E-state index in [2.05, 4.69) is 0 Å². The Bertz CT molecular complexity index is 400. The van der Waals surface area contributed by atoms with Crippen LogP contribution >= 0.6 is 11.6 Å². The maximum absolute atomic E-state index is 10.4. The number of hydrogen-bond donors (Lipinski definition) is 2. The first kappa shape index (κ1) is 10.4. The molecular weight excluding hydrogens is 204 g/mol. The van der Waals surface area contributed by atoms with Gasteiger partial charge in [0.2, 0.25) is 0 Å². The normalized spacial score (nSPS) is 9.43. The summed E-state index contributed by atoms with van der Waals surface area (Å²) in [6.07, 6.45) is -0.240. The number of aliphatic carboxylic acids is 1. The molecule has 5 heteroatoms. The van der Waals surface area contributed by atoms with Crippen molar-refractivity contribution < 1.29 is 9.90 Å². The summed E-state index contributed by atoms with van der Waals surface area (Å²) in [6, 6.07) is 4.68. The molecule has 1 rings (SSSR count). The highest BCUT2D eigenvalue weighted by atomic mass is 35.5. The molecule has 0 heterocycles. The molecule has 14 heavy (non-hydrogen) atoms. The molecule has 0 amide bonds. The van der Waals surface area contributed by atoms with Gasteiger partial charge in [0.1, 0.15) is 0 Å². The van der Waals surface area contributed by atoms with E-state index in [1.165, 1.54) is 12.1 Å². The van der Waals surface area contributed by atoms with Crippen LogP contribution in [0.25, 0.3) is 0 Å². The zero-order chi connectivity index (χ0) is 10.7. The minimum absolute atomic E-state index is 0.212. The molecule has 4 nitrogen and oxygen atoms in total. The largest absolute Gasteiger partial charge is 0.481 e. The monoisotopic (exact) mass is 210 g/mol. The Morgan fingerprint density at radius 3 is 2.71 bits per heavy atom. The van der Waals surface area contributed by atoms with E-state index in [0.29, 0.717) is 11.1 Å². The molecule has 0 aliphatic heterocycles. The Hall–Kier alpha value is -1.73. The van der Waals surface area contributed by atoms with E-state index in [1.807, 2.05) is 6.07 Å². The summed E-state index contributed by atoms with van der Waals surface area (Å²) in [7, 11) is 0. The number of carboxylic acid groups (broad SMARTS) is 1. The molecule has 0 unspecified atom stereocenters. The maximum atomic E-state index is 10.4. The number of carboxylic acids is 1. The number of rotatable bonds is 2. The van der Waals surface area contributed by atoms with E-state index in [0.717, 1.165) is 0 Å². The predicted octanol–water partition coefficient (Wildman–Crippen LogP) is 1.42. The van der Waals surface area contributed by atoms with E-state index in [9.17, 15) is 4.79 Å². The molecule has 0 bridgehead atoms. The highest BCUT2D eigenvalue weighted by Crippen LogP contribution is 2.24. The Morgan fingerprint density at radius 1 is 1.64 bits per heavy atom. The quantitative estimate of drug-likeness (QED) is 0.723. The van der Waals surface area contributed by atoms with Crippen LogP contribution in [-0.4, -0.2) is 11.1 Å². The number of nitriles is 1. The predicted molar refractivity (Wildman–Crippen MR) is 51.9 cm³/mol. The van der Waals surface area contributed by atoms with E-state index in [4.69, 9.17) is 27.7 Å². The van der Waals surface area contributed by atoms with Crippen molar-refractivity contribution in [2.75, 3.05) is 5.73 Å². The highest BCUT2D eigenvalue weighted by molar-refractivity contribution is 6.32. The summed E-state index contributed by atoms with van der Waals surface area (Å²) in [5, 5.41) is 17.4. The fourth-order valence-electron chi connectivity index (χ4n) is 1.06. The van der Waals surface area contributed by atoms with Gasteiger partial charge < -0.3 is 10.8 Å². The lowest BCUT2D eigenvalue weighted by atomic mass is 10.1. The van der Waals surface area contributed by atoms with Crippen molar-refractivity contribution in [1.29, 1.82) is 5.26 Å². The molecular formula is C9H7ClN2O2. The third-order valence-electron chi connectivity index (χ3n) is 1.69. The molecule has 0 aliphatic rings. The van der Waals surface area contributed by atoms with Crippen molar-refractivity contribution in [3.63, 3.8) is 0 Å². The molecule has 1 aromatic rings. The molecule has 0 saturated carbocycles. The Labute approximate surface area is 85.5 Å². The number of nitrogen functional groups attached to an aromatic ring is 1. The van der Waals surface area contributed by atoms with Gasteiger partial charge in [-0.05, 0) is 12.1 Å². The van der Waals surface area contributed by atoms with E-state index < -0.39 is 5.97 Å². The van der Waals surface area contributed by atoms with Gasteiger partial charge in [-0.25, -0.2) is 0 Å². The summed E-state index contributed by atoms with van der Waals surface area (Å²) in [5.74, 6) is -1.01. The van der Waals surface area contributed by atoms with Gasteiger partial charge in [0.25, 0.3) is 0 Å². The zero-order valence-corrected chi connectivity index (χ0v) is 7.88. The van der Waals surface area contributed by atoms with Crippen molar-refractivity contribution in [3.05, 3.63) is 28.3 Å². The maximum Gasteiger partial charge on any atom is 0.307 e. The molecule has 1 aromatic carbocycles. The van der Waals surface area contributed by atoms with Crippen molar-refractivity contribution in [3.8, 4) is 6.07 Å². The molecule has 0 aliphatic carbocycles. The van der Waals surface area contributed by atoms with E-state index >= 15 is 0 Å². The molecule has 0 saturated heterocycles. The van der Waals surface area contributed by atoms with Gasteiger partial charge in [-0.2, -0.15) is 5.26 Å². The minimum atomic E-state index is -1.01. The first-order valence-corrected chi connectivity index (χ1v) is 4.12. The molecule has 72 valence electrons. The van der Waals surface area contributed by atoms with Crippen LogP contribution in [0.15, 0.2) is 12.1 Å². The van der Waals surface area contributed by atoms with Crippen LogP contribution in [0.2, 0.25) is 5.02 Å². The van der Waals surface area contributed by atoms with Crippen molar-refractivity contribution in [2.45, 2.75) is 6.42 Å². The number of nitrogens with two attached hydrogens (primary N) is 1. The number of anilines is 1. The van der Waals surface area contributed by atoms with Gasteiger partial charge in [-0.1, -0.05) is 11.6 Å². The van der Waals surface area contributed by atoms with Gasteiger partial charge in [0, 0.05) is 16.3 Å². The summed E-state index contributed by atoms with van der Waals surface area (Å²) < 4.78 is 0. The van der Waals surface area contributed by atoms with Crippen LogP contribution in [-0.2, 0) is 11.2 Å². The second-order valence-corrected chi connectivity index (χ2v) is 3.12. The number of hydrogen-bond acceptors (Lipinski definition) is 3. The van der Waals surface area contributed by atoms with Gasteiger partial charge in [-0.15, -0.1) is 0 Å². The minimum Gasteiger partial charge on any atom is -0.481 e. The fourth-order valence-corrected chi connectivity index (χ4v) is 1.35. The van der Waals surface area contributed by atoms with Gasteiger partial charge in [0.15, 0.2) is 0 Å². The third-order valence-corrected chi connectivity index (χ3v) is 2.02. The SMILES string of the molecule is N#Cc1cc(N)c(CC(=O)O)c(Cl)c1. The van der Waals surface area contributed by atoms with Crippen molar-refractivity contribution >= 4 is 23.3 Å². The lowest BCUT2D eigenvalue weighted by Crippen LogP contribution is -2.04. The molecule has 0 spiro atoms. The zero-order valence-electron chi connectivity index (χ0n) is 7.12. The average molecular weight is 211 g/mol. The topological polar surface area (TPSA) is 87.1 Å². The summed E-state index contributed by atoms with van der Waals surface area (Å²) in [6.45, 7) is 0. The number of benzene rings is 1. The molecule has 0 radical (unpaired) electrons. The number of halogens is 1. The number of carbonyl (C=O) groups is 1. The summed E-state index contributed by atoms with van der Waals surface area (Å²) in [5.41, 5.74) is 6.45. The van der Waals surface area contributed by atoms with Crippen LogP contribution in [0, 0.1) is 11.3 Å². The van der Waals surface area contributed by atoms with Crippen LogP contribution < -0.4 is 5.73 Å². The Morgan fingerprint density at radius 2 is 2.29 bits per heavy atom. The van der Waals surface area contributed by atoms with Crippen LogP contribution in [0.3, 0.4) is 0 Å². The van der Waals surface area contributed by atoms with Crippen LogP contribution in [0.4, 0.5) is 5.69 Å². The van der Waals surface area contributed by atoms with Gasteiger partial charge in [-0.3, -0.25) is 4.79 Å². The van der Waals surface area contributed by atoms with E-state index in [-0.39, 0.29) is 17.1 Å². The molecule has 3 N–H and O–H groups in total. The van der Waals surface area contributed by atoms with Crippen LogP contribution in [0.5, 0.6) is 0 Å². The first-order chi connectivity index (χ1) is 6.54. The van der Waals surface area contributed by atoms with Gasteiger partial charge in [0.05, 0.1) is 18.1 Å². The lowest BCUT2D eigenvalue weighted by molar-refractivity contribution is -0.136.